The first-order valence-corrected chi connectivity index (χ1v) is 9.35. The lowest BCUT2D eigenvalue weighted by Crippen LogP contribution is -2.44. The predicted octanol–water partition coefficient (Wildman–Crippen LogP) is 2.71. The molecule has 4 rings (SSSR count). The summed E-state index contributed by atoms with van der Waals surface area (Å²) in [5, 5.41) is 0. The largest absolute Gasteiger partial charge is 0.454 e. The Morgan fingerprint density at radius 1 is 1.27 bits per heavy atom. The number of aryl methyl sites for hydroxylation is 2. The molecule has 2 aliphatic rings. The smallest absolute Gasteiger partial charge is 0.231 e. The van der Waals surface area contributed by atoms with Gasteiger partial charge in [-0.1, -0.05) is 6.07 Å². The molecule has 6 heteroatoms. The lowest BCUT2D eigenvalue weighted by atomic mass is 9.96. The Hall–Kier alpha value is -2.50. The molecule has 0 bridgehead atoms. The number of carbonyl (C=O) groups is 1. The highest BCUT2D eigenvalue weighted by Gasteiger charge is 2.27. The molecular weight excluding hydrogens is 330 g/mol. The van der Waals surface area contributed by atoms with Gasteiger partial charge in [0.05, 0.1) is 6.42 Å². The summed E-state index contributed by atoms with van der Waals surface area (Å²) in [5.41, 5.74) is 0.979. The average molecular weight is 355 g/mol. The van der Waals surface area contributed by atoms with Gasteiger partial charge in [0.15, 0.2) is 11.5 Å². The molecule has 0 spiro atoms. The van der Waals surface area contributed by atoms with Gasteiger partial charge in [-0.05, 0) is 43.4 Å². The first-order valence-electron chi connectivity index (χ1n) is 9.35. The van der Waals surface area contributed by atoms with E-state index in [0.29, 0.717) is 12.5 Å². The number of likely N-dealkylation sites (tertiary alicyclic amines) is 1. The van der Waals surface area contributed by atoms with E-state index in [9.17, 15) is 4.79 Å². The van der Waals surface area contributed by atoms with Crippen molar-refractivity contribution in [1.29, 1.82) is 0 Å². The van der Waals surface area contributed by atoms with E-state index in [4.69, 9.17) is 9.47 Å². The van der Waals surface area contributed by atoms with E-state index in [1.165, 1.54) is 6.42 Å². The van der Waals surface area contributed by atoms with E-state index in [-0.39, 0.29) is 12.7 Å². The summed E-state index contributed by atoms with van der Waals surface area (Å²) >= 11 is 0. The Labute approximate surface area is 153 Å². The Morgan fingerprint density at radius 2 is 2.15 bits per heavy atom. The lowest BCUT2D eigenvalue weighted by molar-refractivity contribution is -0.134. The van der Waals surface area contributed by atoms with Crippen molar-refractivity contribution in [1.82, 2.24) is 14.5 Å². The molecule has 2 aromatic rings. The highest BCUT2D eigenvalue weighted by molar-refractivity contribution is 5.79. The topological polar surface area (TPSA) is 56.6 Å². The second-order valence-electron chi connectivity index (χ2n) is 7.09. The standard InChI is InChI=1S/C20H25N3O3/c1-22-11-9-21-19(22)8-6-16-4-2-3-10-23(16)20(24)13-15-5-7-17-18(12-15)26-14-25-17/h5,7,9,11-12,16H,2-4,6,8,10,13-14H2,1H3. The highest BCUT2D eigenvalue weighted by Crippen LogP contribution is 2.33. The molecule has 1 unspecified atom stereocenters. The molecular formula is C20H25N3O3. The Kier molecular flexibility index (Phi) is 4.82. The summed E-state index contributed by atoms with van der Waals surface area (Å²) in [6, 6.07) is 6.08. The first kappa shape index (κ1) is 16.9. The molecule has 3 heterocycles. The van der Waals surface area contributed by atoms with E-state index >= 15 is 0 Å². The molecule has 1 aromatic carbocycles. The molecule has 0 radical (unpaired) electrons. The average Bonchev–Trinajstić information content (AvgIpc) is 3.28. The van der Waals surface area contributed by atoms with Crippen LogP contribution in [0.15, 0.2) is 30.6 Å². The fourth-order valence-corrected chi connectivity index (χ4v) is 3.89. The van der Waals surface area contributed by atoms with Gasteiger partial charge < -0.3 is 18.9 Å². The monoisotopic (exact) mass is 355 g/mol. The molecule has 1 aromatic heterocycles. The SMILES string of the molecule is Cn1ccnc1CCC1CCCCN1C(=O)Cc1ccc2c(c1)OCO2. The van der Waals surface area contributed by atoms with Gasteiger partial charge >= 0.3 is 0 Å². The minimum absolute atomic E-state index is 0.202. The van der Waals surface area contributed by atoms with Crippen LogP contribution in [0.5, 0.6) is 11.5 Å². The van der Waals surface area contributed by atoms with Crippen LogP contribution in [0.1, 0.15) is 37.1 Å². The quantitative estimate of drug-likeness (QED) is 0.827. The van der Waals surface area contributed by atoms with Gasteiger partial charge in [0.2, 0.25) is 12.7 Å². The molecule has 0 N–H and O–H groups in total. The van der Waals surface area contributed by atoms with Crippen LogP contribution in [0.25, 0.3) is 0 Å². The van der Waals surface area contributed by atoms with Crippen molar-refractivity contribution < 1.29 is 14.3 Å². The minimum atomic E-state index is 0.202. The maximum Gasteiger partial charge on any atom is 0.231 e. The number of benzene rings is 1. The van der Waals surface area contributed by atoms with Crippen molar-refractivity contribution in [3.8, 4) is 11.5 Å². The number of fused-ring (bicyclic) bond motifs is 1. The van der Waals surface area contributed by atoms with Gasteiger partial charge in [-0.25, -0.2) is 4.98 Å². The number of hydrogen-bond acceptors (Lipinski definition) is 4. The zero-order valence-corrected chi connectivity index (χ0v) is 15.2. The zero-order valence-electron chi connectivity index (χ0n) is 15.2. The van der Waals surface area contributed by atoms with Crippen molar-refractivity contribution >= 4 is 5.91 Å². The van der Waals surface area contributed by atoms with Crippen LogP contribution in [-0.4, -0.2) is 39.7 Å². The van der Waals surface area contributed by atoms with Crippen molar-refractivity contribution in [3.63, 3.8) is 0 Å². The molecule has 1 saturated heterocycles. The lowest BCUT2D eigenvalue weighted by Gasteiger charge is -2.36. The fourth-order valence-electron chi connectivity index (χ4n) is 3.89. The molecule has 0 aliphatic carbocycles. The molecule has 26 heavy (non-hydrogen) atoms. The number of hydrogen-bond donors (Lipinski definition) is 0. The maximum absolute atomic E-state index is 12.9. The third-order valence-electron chi connectivity index (χ3n) is 5.36. The van der Waals surface area contributed by atoms with Crippen LogP contribution in [0, 0.1) is 0 Å². The number of rotatable bonds is 5. The molecule has 138 valence electrons. The number of imidazole rings is 1. The predicted molar refractivity (Wildman–Crippen MR) is 97.2 cm³/mol. The van der Waals surface area contributed by atoms with Crippen LogP contribution < -0.4 is 9.47 Å². The van der Waals surface area contributed by atoms with Crippen molar-refractivity contribution in [2.24, 2.45) is 7.05 Å². The van der Waals surface area contributed by atoms with E-state index in [0.717, 1.165) is 55.1 Å². The molecule has 1 fully saturated rings. The van der Waals surface area contributed by atoms with E-state index < -0.39 is 0 Å². The Morgan fingerprint density at radius 3 is 3.00 bits per heavy atom. The normalized spacial score (nSPS) is 19.0. The zero-order chi connectivity index (χ0) is 17.9. The minimum Gasteiger partial charge on any atom is -0.454 e. The van der Waals surface area contributed by atoms with Crippen LogP contribution in [0.3, 0.4) is 0 Å². The van der Waals surface area contributed by atoms with Crippen molar-refractivity contribution in [2.75, 3.05) is 13.3 Å². The number of amides is 1. The second-order valence-corrected chi connectivity index (χ2v) is 7.09. The summed E-state index contributed by atoms with van der Waals surface area (Å²) in [4.78, 5) is 19.4. The van der Waals surface area contributed by atoms with Crippen LogP contribution in [-0.2, 0) is 24.7 Å². The van der Waals surface area contributed by atoms with E-state index in [2.05, 4.69) is 14.5 Å². The number of aromatic nitrogens is 2. The maximum atomic E-state index is 12.9. The second kappa shape index (κ2) is 7.40. The Balaban J connectivity index is 1.40. The highest BCUT2D eigenvalue weighted by atomic mass is 16.7. The van der Waals surface area contributed by atoms with Gasteiger partial charge in [0.1, 0.15) is 5.82 Å². The van der Waals surface area contributed by atoms with Gasteiger partial charge in [0.25, 0.3) is 0 Å². The number of carbonyl (C=O) groups excluding carboxylic acids is 1. The molecule has 1 atom stereocenters. The fraction of sp³-hybridized carbons (Fsp3) is 0.500. The van der Waals surface area contributed by atoms with Gasteiger partial charge in [-0.15, -0.1) is 0 Å². The summed E-state index contributed by atoms with van der Waals surface area (Å²) in [7, 11) is 2.02. The summed E-state index contributed by atoms with van der Waals surface area (Å²) in [6.45, 7) is 1.11. The third-order valence-corrected chi connectivity index (χ3v) is 5.36. The van der Waals surface area contributed by atoms with Crippen LogP contribution >= 0.6 is 0 Å². The molecule has 6 nitrogen and oxygen atoms in total. The summed E-state index contributed by atoms with van der Waals surface area (Å²) in [5.74, 6) is 2.78. The summed E-state index contributed by atoms with van der Waals surface area (Å²) < 4.78 is 12.8. The third kappa shape index (κ3) is 3.54. The van der Waals surface area contributed by atoms with Gasteiger partial charge in [-0.3, -0.25) is 4.79 Å². The summed E-state index contributed by atoms with van der Waals surface area (Å²) in [6.07, 6.45) is 9.45. The first-order chi connectivity index (χ1) is 12.7. The van der Waals surface area contributed by atoms with Crippen LogP contribution in [0.4, 0.5) is 0 Å². The number of ether oxygens (including phenoxy) is 2. The number of piperidine rings is 1. The van der Waals surface area contributed by atoms with Crippen molar-refractivity contribution in [2.45, 2.75) is 44.6 Å². The van der Waals surface area contributed by atoms with Crippen LogP contribution in [0.2, 0.25) is 0 Å². The van der Waals surface area contributed by atoms with Crippen molar-refractivity contribution in [3.05, 3.63) is 42.0 Å². The van der Waals surface area contributed by atoms with Gasteiger partial charge in [0, 0.05) is 38.4 Å². The Bertz CT molecular complexity index is 786. The molecule has 2 aliphatic heterocycles. The van der Waals surface area contributed by atoms with E-state index in [1.807, 2.05) is 37.6 Å². The molecule has 1 amide bonds. The number of nitrogens with zero attached hydrogens (tertiary/aromatic N) is 3. The molecule has 0 saturated carbocycles. The van der Waals surface area contributed by atoms with E-state index in [1.54, 1.807) is 0 Å². The van der Waals surface area contributed by atoms with Gasteiger partial charge in [-0.2, -0.15) is 0 Å².